The maximum atomic E-state index is 9.33. The lowest BCUT2D eigenvalue weighted by Gasteiger charge is -2.33. The number of ether oxygens (including phenoxy) is 3. The van der Waals surface area contributed by atoms with Crippen LogP contribution in [0.1, 0.15) is 26.7 Å². The van der Waals surface area contributed by atoms with Gasteiger partial charge in [0.25, 0.3) is 0 Å². The molecule has 5 N–H and O–H groups in total. The highest BCUT2D eigenvalue weighted by Crippen LogP contribution is 2.21. The number of aliphatic hydroxyl groups excluding tert-OH is 1. The van der Waals surface area contributed by atoms with Gasteiger partial charge in [-0.25, -0.2) is 0 Å². The number of hydrogen-bond donors (Lipinski definition) is 4. The molecule has 114 valence electrons. The van der Waals surface area contributed by atoms with E-state index in [0.717, 1.165) is 6.42 Å². The molecular formula is C12H27N3O4. The molecule has 0 aliphatic carbocycles. The molecule has 0 aromatic heterocycles. The van der Waals surface area contributed by atoms with Gasteiger partial charge in [0.1, 0.15) is 6.10 Å². The summed E-state index contributed by atoms with van der Waals surface area (Å²) < 4.78 is 16.2. The molecule has 19 heavy (non-hydrogen) atoms. The molecule has 3 unspecified atom stereocenters. The average molecular weight is 277 g/mol. The average Bonchev–Trinajstić information content (AvgIpc) is 2.40. The lowest BCUT2D eigenvalue weighted by molar-refractivity contribution is -0.220. The normalized spacial score (nSPS) is 26.2. The van der Waals surface area contributed by atoms with Gasteiger partial charge in [-0.3, -0.25) is 5.41 Å². The Morgan fingerprint density at radius 1 is 1.42 bits per heavy atom. The molecular weight excluding hydrogens is 250 g/mol. The number of rotatable bonds is 5. The summed E-state index contributed by atoms with van der Waals surface area (Å²) in [5.41, 5.74) is 4.76. The predicted molar refractivity (Wildman–Crippen MR) is 73.0 cm³/mol. The highest BCUT2D eigenvalue weighted by atomic mass is 16.6. The zero-order chi connectivity index (χ0) is 14.7. The van der Waals surface area contributed by atoms with E-state index < -0.39 is 6.29 Å². The van der Waals surface area contributed by atoms with Crippen LogP contribution < -0.4 is 11.1 Å². The van der Waals surface area contributed by atoms with Gasteiger partial charge in [0.15, 0.2) is 12.2 Å². The monoisotopic (exact) mass is 277 g/mol. The summed E-state index contributed by atoms with van der Waals surface area (Å²) in [5.74, 6) is 0.00463. The molecule has 3 atom stereocenters. The first-order valence-electron chi connectivity index (χ1n) is 6.59. The van der Waals surface area contributed by atoms with Crippen molar-refractivity contribution in [3.8, 4) is 0 Å². The fourth-order valence-corrected chi connectivity index (χ4v) is 1.64. The van der Waals surface area contributed by atoms with Crippen molar-refractivity contribution in [1.29, 1.82) is 5.41 Å². The molecule has 1 aliphatic heterocycles. The number of nitrogens with two attached hydrogens (primary N) is 1. The summed E-state index contributed by atoms with van der Waals surface area (Å²) in [4.78, 5) is 0. The Labute approximate surface area is 114 Å². The van der Waals surface area contributed by atoms with Gasteiger partial charge < -0.3 is 30.4 Å². The molecule has 0 spiro atoms. The third-order valence-corrected chi connectivity index (χ3v) is 2.58. The second-order valence-electron chi connectivity index (χ2n) is 4.02. The Kier molecular flexibility index (Phi) is 10.5. The van der Waals surface area contributed by atoms with E-state index in [1.165, 1.54) is 0 Å². The third-order valence-electron chi connectivity index (χ3n) is 2.58. The number of aliphatic hydroxyl groups is 1. The summed E-state index contributed by atoms with van der Waals surface area (Å²) in [6.07, 6.45) is 0.769. The van der Waals surface area contributed by atoms with Crippen molar-refractivity contribution in [2.75, 3.05) is 26.9 Å². The van der Waals surface area contributed by atoms with Crippen LogP contribution in [-0.2, 0) is 14.2 Å². The Hall–Kier alpha value is -0.890. The molecule has 7 nitrogen and oxygen atoms in total. The van der Waals surface area contributed by atoms with Crippen LogP contribution in [0.5, 0.6) is 0 Å². The summed E-state index contributed by atoms with van der Waals surface area (Å²) >= 11 is 0. The van der Waals surface area contributed by atoms with Crippen molar-refractivity contribution < 1.29 is 19.3 Å². The fraction of sp³-hybridized carbons (Fsp3) is 0.917. The number of hydrogen-bond acceptors (Lipinski definition) is 5. The lowest BCUT2D eigenvalue weighted by atomic mass is 10.1. The first-order valence-corrected chi connectivity index (χ1v) is 6.59. The zero-order valence-electron chi connectivity index (χ0n) is 12.0. The first-order chi connectivity index (χ1) is 9.04. The van der Waals surface area contributed by atoms with E-state index in [4.69, 9.17) is 25.4 Å². The fourth-order valence-electron chi connectivity index (χ4n) is 1.64. The minimum atomic E-state index is -0.655. The maximum absolute atomic E-state index is 9.33. The van der Waals surface area contributed by atoms with Crippen molar-refractivity contribution in [2.45, 2.75) is 45.2 Å². The second-order valence-corrected chi connectivity index (χ2v) is 4.02. The molecule has 0 aromatic rings. The summed E-state index contributed by atoms with van der Waals surface area (Å²) in [6.45, 7) is 5.73. The largest absolute Gasteiger partial charge is 0.379 e. The van der Waals surface area contributed by atoms with Gasteiger partial charge in [-0.1, -0.05) is 0 Å². The highest BCUT2D eigenvalue weighted by molar-refractivity contribution is 5.73. The van der Waals surface area contributed by atoms with E-state index in [-0.39, 0.29) is 18.2 Å². The van der Waals surface area contributed by atoms with Gasteiger partial charge in [0.05, 0.1) is 12.7 Å². The third kappa shape index (κ3) is 8.77. The van der Waals surface area contributed by atoms with Gasteiger partial charge in [-0.05, 0) is 20.3 Å². The molecule has 1 fully saturated rings. The highest BCUT2D eigenvalue weighted by Gasteiger charge is 2.30. The van der Waals surface area contributed by atoms with Crippen molar-refractivity contribution in [1.82, 2.24) is 5.32 Å². The van der Waals surface area contributed by atoms with E-state index in [0.29, 0.717) is 26.2 Å². The Morgan fingerprint density at radius 2 is 2.05 bits per heavy atom. The molecule has 0 saturated carbocycles. The van der Waals surface area contributed by atoms with Crippen LogP contribution in [0.25, 0.3) is 0 Å². The zero-order valence-corrected chi connectivity index (χ0v) is 12.0. The van der Waals surface area contributed by atoms with Crippen molar-refractivity contribution in [3.63, 3.8) is 0 Å². The van der Waals surface area contributed by atoms with Crippen molar-refractivity contribution >= 4 is 5.96 Å². The Balaban J connectivity index is 0.000000555. The van der Waals surface area contributed by atoms with Crippen LogP contribution in [0, 0.1) is 5.41 Å². The van der Waals surface area contributed by atoms with Crippen LogP contribution in [-0.4, -0.2) is 56.4 Å². The van der Waals surface area contributed by atoms with Gasteiger partial charge in [0, 0.05) is 26.7 Å². The van der Waals surface area contributed by atoms with Gasteiger partial charge in [-0.2, -0.15) is 0 Å². The maximum Gasteiger partial charge on any atom is 0.185 e. The van der Waals surface area contributed by atoms with E-state index in [1.54, 1.807) is 7.05 Å². The van der Waals surface area contributed by atoms with Crippen LogP contribution in [0.4, 0.5) is 0 Å². The molecule has 7 heteroatoms. The standard InChI is InChI=1S/C10H20O4.C2H7N3/c1-3-12-7-9-8(13-4-2)5-6-10(11)14-9;1-5-2(3)4/h8-11H,3-7H2,1-2H3;1H3,(H4,3,4,5). The first kappa shape index (κ1) is 18.1. The minimum Gasteiger partial charge on any atom is -0.379 e. The number of nitrogens with one attached hydrogen (secondary N) is 2. The second kappa shape index (κ2) is 11.0. The molecule has 0 bridgehead atoms. The summed E-state index contributed by atoms with van der Waals surface area (Å²) in [6, 6.07) is 0. The molecule has 0 radical (unpaired) electrons. The predicted octanol–water partition coefficient (Wildman–Crippen LogP) is 0.0247. The van der Waals surface area contributed by atoms with E-state index in [1.807, 2.05) is 13.8 Å². The topological polar surface area (TPSA) is 110 Å². The van der Waals surface area contributed by atoms with Gasteiger partial charge in [-0.15, -0.1) is 0 Å². The summed E-state index contributed by atoms with van der Waals surface area (Å²) in [7, 11) is 1.60. The van der Waals surface area contributed by atoms with Crippen molar-refractivity contribution in [2.24, 2.45) is 5.73 Å². The van der Waals surface area contributed by atoms with E-state index >= 15 is 0 Å². The van der Waals surface area contributed by atoms with Crippen LogP contribution in [0.2, 0.25) is 0 Å². The molecule has 1 rings (SSSR count). The van der Waals surface area contributed by atoms with Crippen LogP contribution >= 0.6 is 0 Å². The van der Waals surface area contributed by atoms with Crippen LogP contribution in [0.15, 0.2) is 0 Å². The summed E-state index contributed by atoms with van der Waals surface area (Å²) in [5, 5.41) is 18.1. The smallest absolute Gasteiger partial charge is 0.185 e. The SMILES string of the molecule is CCOCC1OC(O)CCC1OCC.CNC(=N)N. The van der Waals surface area contributed by atoms with E-state index in [2.05, 4.69) is 5.32 Å². The van der Waals surface area contributed by atoms with Gasteiger partial charge >= 0.3 is 0 Å². The van der Waals surface area contributed by atoms with Gasteiger partial charge in [0.2, 0.25) is 0 Å². The van der Waals surface area contributed by atoms with E-state index in [9.17, 15) is 5.11 Å². The lowest BCUT2D eigenvalue weighted by Crippen LogP contribution is -2.43. The van der Waals surface area contributed by atoms with Crippen molar-refractivity contribution in [3.05, 3.63) is 0 Å². The molecule has 1 aliphatic rings. The molecule has 1 heterocycles. The molecule has 0 amide bonds. The molecule has 0 aromatic carbocycles. The molecule has 1 saturated heterocycles. The van der Waals surface area contributed by atoms with Crippen LogP contribution in [0.3, 0.4) is 0 Å². The number of guanidine groups is 1. The quantitative estimate of drug-likeness (QED) is 0.417. The minimum absolute atomic E-state index is 0.00463. The Bertz CT molecular complexity index is 241. The Morgan fingerprint density at radius 3 is 2.53 bits per heavy atom.